The second-order valence-electron chi connectivity index (χ2n) is 8.10. The molecule has 0 spiro atoms. The Morgan fingerprint density at radius 1 is 1.18 bits per heavy atom. The van der Waals surface area contributed by atoms with Crippen molar-refractivity contribution in [3.8, 4) is 0 Å². The fraction of sp³-hybridized carbons (Fsp3) is 0.750. The van der Waals surface area contributed by atoms with Crippen molar-refractivity contribution in [1.82, 2.24) is 0 Å². The second kappa shape index (κ2) is 6.31. The zero-order valence-corrected chi connectivity index (χ0v) is 14.9. The monoisotopic (exact) mass is 304 g/mol. The predicted octanol–water partition coefficient (Wildman–Crippen LogP) is 4.83. The molecule has 1 fully saturated rings. The molecule has 0 bridgehead atoms. The van der Waals surface area contributed by atoms with Gasteiger partial charge in [0.25, 0.3) is 0 Å². The van der Waals surface area contributed by atoms with Gasteiger partial charge in [-0.05, 0) is 64.4 Å². The van der Waals surface area contributed by atoms with Crippen LogP contribution in [0.2, 0.25) is 0 Å². The van der Waals surface area contributed by atoms with E-state index in [2.05, 4.69) is 40.7 Å². The van der Waals surface area contributed by atoms with E-state index in [0.29, 0.717) is 0 Å². The van der Waals surface area contributed by atoms with Crippen molar-refractivity contribution in [2.24, 2.45) is 17.3 Å². The number of aliphatic hydroxyl groups is 1. The predicted molar refractivity (Wildman–Crippen MR) is 91.6 cm³/mol. The Morgan fingerprint density at radius 2 is 1.86 bits per heavy atom. The number of hydrogen-bond acceptors (Lipinski definition) is 2. The standard InChI is InChI=1S/C20H32O2/c1-14(2)20(22)12-11-19(5)17(20)10-9-15(3)7-6-8-16(4)13-18(19)21/h7,13-14,17,22H,6,8-12H2,1-5H3/b15-7-,16-13-/t17-,19+,20-/m0/s1. The molecule has 2 aliphatic rings. The fourth-order valence-electron chi connectivity index (χ4n) is 4.40. The molecule has 0 aromatic rings. The Morgan fingerprint density at radius 3 is 2.50 bits per heavy atom. The summed E-state index contributed by atoms with van der Waals surface area (Å²) in [6, 6.07) is 0. The second-order valence-corrected chi connectivity index (χ2v) is 8.10. The third-order valence-electron chi connectivity index (χ3n) is 6.22. The molecule has 0 radical (unpaired) electrons. The Kier molecular flexibility index (Phi) is 5.01. The van der Waals surface area contributed by atoms with Gasteiger partial charge in [-0.25, -0.2) is 0 Å². The van der Waals surface area contributed by atoms with Crippen molar-refractivity contribution in [2.45, 2.75) is 78.7 Å². The highest BCUT2D eigenvalue weighted by Crippen LogP contribution is 2.55. The van der Waals surface area contributed by atoms with Crippen molar-refractivity contribution in [1.29, 1.82) is 0 Å². The summed E-state index contributed by atoms with van der Waals surface area (Å²) in [6.45, 7) is 10.5. The van der Waals surface area contributed by atoms with Gasteiger partial charge >= 0.3 is 0 Å². The van der Waals surface area contributed by atoms with Crippen LogP contribution in [0.25, 0.3) is 0 Å². The van der Waals surface area contributed by atoms with Crippen LogP contribution in [0.5, 0.6) is 0 Å². The zero-order chi connectivity index (χ0) is 16.5. The van der Waals surface area contributed by atoms with Crippen molar-refractivity contribution in [3.63, 3.8) is 0 Å². The van der Waals surface area contributed by atoms with Crippen LogP contribution in [-0.2, 0) is 4.79 Å². The van der Waals surface area contributed by atoms with Crippen molar-refractivity contribution >= 4 is 5.78 Å². The molecule has 2 aliphatic carbocycles. The smallest absolute Gasteiger partial charge is 0.161 e. The Balaban J connectivity index is 2.43. The SMILES string of the molecule is C/C1=C/C(=O)[C@]2(C)CC[C@](O)(C(C)C)[C@H]2CC/C(C)=C\CC1. The molecule has 0 aromatic heterocycles. The van der Waals surface area contributed by atoms with Gasteiger partial charge in [-0.1, -0.05) is 38.0 Å². The molecule has 2 heteroatoms. The summed E-state index contributed by atoms with van der Waals surface area (Å²) in [5, 5.41) is 11.3. The van der Waals surface area contributed by atoms with Crippen LogP contribution >= 0.6 is 0 Å². The van der Waals surface area contributed by atoms with Crippen LogP contribution < -0.4 is 0 Å². The number of allylic oxidation sites excluding steroid dienone is 4. The molecule has 1 saturated carbocycles. The Bertz CT molecular complexity index is 500. The summed E-state index contributed by atoms with van der Waals surface area (Å²) >= 11 is 0. The molecule has 1 N–H and O–H groups in total. The molecule has 3 atom stereocenters. The maximum Gasteiger partial charge on any atom is 0.161 e. The molecule has 2 rings (SSSR count). The van der Waals surface area contributed by atoms with E-state index in [1.807, 2.05) is 6.08 Å². The van der Waals surface area contributed by atoms with E-state index in [1.165, 1.54) is 5.57 Å². The average molecular weight is 304 g/mol. The van der Waals surface area contributed by atoms with Crippen molar-refractivity contribution < 1.29 is 9.90 Å². The quantitative estimate of drug-likeness (QED) is 0.705. The van der Waals surface area contributed by atoms with Crippen LogP contribution in [0.1, 0.15) is 73.1 Å². The first-order valence-corrected chi connectivity index (χ1v) is 8.80. The van der Waals surface area contributed by atoms with Crippen molar-refractivity contribution in [3.05, 3.63) is 23.3 Å². The summed E-state index contributed by atoms with van der Waals surface area (Å²) in [7, 11) is 0. The van der Waals surface area contributed by atoms with E-state index >= 15 is 0 Å². The van der Waals surface area contributed by atoms with Crippen LogP contribution in [0.3, 0.4) is 0 Å². The van der Waals surface area contributed by atoms with Gasteiger partial charge in [-0.3, -0.25) is 4.79 Å². The molecule has 0 heterocycles. The molecule has 22 heavy (non-hydrogen) atoms. The van der Waals surface area contributed by atoms with Gasteiger partial charge in [0.2, 0.25) is 0 Å². The van der Waals surface area contributed by atoms with E-state index < -0.39 is 11.0 Å². The molecule has 2 nitrogen and oxygen atoms in total. The minimum Gasteiger partial charge on any atom is -0.389 e. The summed E-state index contributed by atoms with van der Waals surface area (Å²) in [5.41, 5.74) is 1.43. The van der Waals surface area contributed by atoms with E-state index in [4.69, 9.17) is 0 Å². The topological polar surface area (TPSA) is 37.3 Å². The highest BCUT2D eigenvalue weighted by atomic mass is 16.3. The van der Waals surface area contributed by atoms with Crippen LogP contribution in [0.15, 0.2) is 23.3 Å². The van der Waals surface area contributed by atoms with E-state index in [9.17, 15) is 9.90 Å². The minimum absolute atomic E-state index is 0.0537. The van der Waals surface area contributed by atoms with Gasteiger partial charge in [0, 0.05) is 11.3 Å². The molecular weight excluding hydrogens is 272 g/mol. The van der Waals surface area contributed by atoms with Gasteiger partial charge in [0.1, 0.15) is 0 Å². The number of hydrogen-bond donors (Lipinski definition) is 1. The first kappa shape index (κ1) is 17.5. The Hall–Kier alpha value is -0.890. The van der Waals surface area contributed by atoms with E-state index in [1.54, 1.807) is 0 Å². The molecule has 124 valence electrons. The van der Waals surface area contributed by atoms with Gasteiger partial charge in [-0.15, -0.1) is 0 Å². The highest BCUT2D eigenvalue weighted by molar-refractivity contribution is 5.95. The minimum atomic E-state index is -0.708. The first-order chi connectivity index (χ1) is 10.2. The lowest BCUT2D eigenvalue weighted by molar-refractivity contribution is -0.130. The van der Waals surface area contributed by atoms with Gasteiger partial charge in [0.05, 0.1) is 5.60 Å². The number of rotatable bonds is 1. The Labute approximate surface area is 135 Å². The zero-order valence-electron chi connectivity index (χ0n) is 14.9. The average Bonchev–Trinajstić information content (AvgIpc) is 2.69. The molecule has 0 amide bonds. The molecule has 0 unspecified atom stereocenters. The number of carbonyl (C=O) groups excluding carboxylic acids is 1. The van der Waals surface area contributed by atoms with Crippen LogP contribution in [0, 0.1) is 17.3 Å². The third-order valence-corrected chi connectivity index (χ3v) is 6.22. The number of fused-ring (bicyclic) bond motifs is 1. The van der Waals surface area contributed by atoms with Gasteiger partial charge in [-0.2, -0.15) is 0 Å². The molecule has 0 aliphatic heterocycles. The van der Waals surface area contributed by atoms with Gasteiger partial charge < -0.3 is 5.11 Å². The number of carbonyl (C=O) groups is 1. The fourth-order valence-corrected chi connectivity index (χ4v) is 4.40. The summed E-state index contributed by atoms with van der Waals surface area (Å²) in [5.74, 6) is 0.468. The number of ketones is 1. The van der Waals surface area contributed by atoms with E-state index in [0.717, 1.165) is 44.1 Å². The lowest BCUT2D eigenvalue weighted by atomic mass is 9.67. The molecule has 0 saturated heterocycles. The first-order valence-electron chi connectivity index (χ1n) is 8.80. The third kappa shape index (κ3) is 3.08. The highest BCUT2D eigenvalue weighted by Gasteiger charge is 2.57. The normalized spacial score (nSPS) is 42.1. The maximum absolute atomic E-state index is 12.9. The summed E-state index contributed by atoms with van der Waals surface area (Å²) in [6.07, 6.45) is 9.57. The summed E-state index contributed by atoms with van der Waals surface area (Å²) in [4.78, 5) is 12.9. The lowest BCUT2D eigenvalue weighted by Gasteiger charge is -2.40. The maximum atomic E-state index is 12.9. The van der Waals surface area contributed by atoms with Crippen LogP contribution in [-0.4, -0.2) is 16.5 Å². The largest absolute Gasteiger partial charge is 0.389 e. The molecule has 0 aromatic carbocycles. The van der Waals surface area contributed by atoms with Crippen molar-refractivity contribution in [2.75, 3.05) is 0 Å². The summed E-state index contributed by atoms with van der Waals surface area (Å²) < 4.78 is 0. The van der Waals surface area contributed by atoms with Crippen LogP contribution in [0.4, 0.5) is 0 Å². The lowest BCUT2D eigenvalue weighted by Crippen LogP contribution is -2.45. The van der Waals surface area contributed by atoms with Gasteiger partial charge in [0.15, 0.2) is 5.78 Å². The van der Waals surface area contributed by atoms with E-state index in [-0.39, 0.29) is 17.6 Å². The molecular formula is C20H32O2.